The van der Waals surface area contributed by atoms with E-state index >= 15 is 0 Å². The largest absolute Gasteiger partial charge is 0.490 e. The summed E-state index contributed by atoms with van der Waals surface area (Å²) < 4.78 is 35.8. The van der Waals surface area contributed by atoms with Crippen LogP contribution in [0.1, 0.15) is 31.2 Å². The zero-order valence-corrected chi connectivity index (χ0v) is 19.2. The lowest BCUT2D eigenvalue weighted by molar-refractivity contribution is -0.146. The van der Waals surface area contributed by atoms with Crippen molar-refractivity contribution in [2.45, 2.75) is 44.9 Å². The van der Waals surface area contributed by atoms with Gasteiger partial charge in [-0.15, -0.1) is 0 Å². The summed E-state index contributed by atoms with van der Waals surface area (Å²) in [5, 5.41) is 0.483. The molecule has 30 heavy (non-hydrogen) atoms. The van der Waals surface area contributed by atoms with Crippen LogP contribution in [0.2, 0.25) is 0 Å². The number of hydrogen-bond donors (Lipinski definition) is 0. The molecule has 1 atom stereocenters. The van der Waals surface area contributed by atoms with Crippen LogP contribution >= 0.6 is 11.8 Å². The van der Waals surface area contributed by atoms with Gasteiger partial charge in [-0.25, -0.2) is 18.4 Å². The van der Waals surface area contributed by atoms with Crippen LogP contribution in [0.5, 0.6) is 5.75 Å². The third-order valence-electron chi connectivity index (χ3n) is 4.01. The molecule has 2 rings (SSSR count). The Hall–Kier alpha value is -2.13. The molecule has 0 aliphatic heterocycles. The highest BCUT2D eigenvalue weighted by atomic mass is 32.2. The van der Waals surface area contributed by atoms with Crippen LogP contribution in [0.3, 0.4) is 0 Å². The molecule has 0 bridgehead atoms. The number of ether oxygens (including phenoxy) is 2. The van der Waals surface area contributed by atoms with E-state index in [0.29, 0.717) is 17.3 Å². The molecule has 1 heterocycles. The number of rotatable bonds is 12. The molecule has 0 fully saturated rings. The van der Waals surface area contributed by atoms with Crippen LogP contribution in [-0.2, 0) is 19.4 Å². The predicted octanol–water partition coefficient (Wildman–Crippen LogP) is 3.39. The lowest BCUT2D eigenvalue weighted by atomic mass is 10.3. The van der Waals surface area contributed by atoms with Crippen molar-refractivity contribution in [1.29, 1.82) is 0 Å². The number of nitrogens with zero attached hydrogens (tertiary/aromatic N) is 2. The first kappa shape index (κ1) is 24.1. The van der Waals surface area contributed by atoms with Gasteiger partial charge < -0.3 is 9.47 Å². The van der Waals surface area contributed by atoms with E-state index < -0.39 is 21.9 Å². The smallest absolute Gasteiger partial charge is 0.316 e. The first-order chi connectivity index (χ1) is 14.3. The second-order valence-corrected chi connectivity index (χ2v) is 10.1. The summed E-state index contributed by atoms with van der Waals surface area (Å²) in [6.45, 7) is 5.61. The average molecular weight is 453 g/mol. The van der Waals surface area contributed by atoms with Crippen molar-refractivity contribution >= 4 is 27.6 Å². The number of unbranched alkanes of at least 4 members (excludes halogenated alkanes) is 1. The molecular formula is C21H28N2O5S2. The molecule has 0 radical (unpaired) electrons. The van der Waals surface area contributed by atoms with E-state index in [2.05, 4.69) is 9.97 Å². The van der Waals surface area contributed by atoms with E-state index in [4.69, 9.17) is 9.47 Å². The van der Waals surface area contributed by atoms with Crippen molar-refractivity contribution in [2.24, 2.45) is 0 Å². The molecule has 0 N–H and O–H groups in total. The van der Waals surface area contributed by atoms with Crippen LogP contribution < -0.4 is 4.74 Å². The molecule has 0 saturated heterocycles. The van der Waals surface area contributed by atoms with Crippen LogP contribution in [0, 0.1) is 13.8 Å². The predicted molar refractivity (Wildman–Crippen MR) is 118 cm³/mol. The minimum atomic E-state index is -3.36. The van der Waals surface area contributed by atoms with Gasteiger partial charge in [-0.2, -0.15) is 0 Å². The van der Waals surface area contributed by atoms with E-state index in [1.54, 1.807) is 12.1 Å². The second-order valence-electron chi connectivity index (χ2n) is 6.93. The van der Waals surface area contributed by atoms with Crippen molar-refractivity contribution in [3.63, 3.8) is 0 Å². The van der Waals surface area contributed by atoms with Crippen LogP contribution in [-0.4, -0.2) is 54.3 Å². The van der Waals surface area contributed by atoms with E-state index in [0.717, 1.165) is 29.6 Å². The Bertz CT molecular complexity index is 900. The van der Waals surface area contributed by atoms with E-state index in [9.17, 15) is 13.2 Å². The van der Waals surface area contributed by atoms with Crippen molar-refractivity contribution < 1.29 is 22.7 Å². The summed E-state index contributed by atoms with van der Waals surface area (Å²) in [6.07, 6.45) is 0.458. The van der Waals surface area contributed by atoms with Gasteiger partial charge in [0.1, 0.15) is 18.5 Å². The van der Waals surface area contributed by atoms with Gasteiger partial charge in [0.15, 0.2) is 15.0 Å². The molecule has 1 aromatic carbocycles. The molecule has 0 aliphatic rings. The van der Waals surface area contributed by atoms with Crippen molar-refractivity contribution in [3.8, 4) is 5.75 Å². The number of sulfone groups is 1. The van der Waals surface area contributed by atoms with E-state index in [1.807, 2.05) is 45.0 Å². The Balaban J connectivity index is 1.98. The Kier molecular flexibility index (Phi) is 9.58. The fourth-order valence-electron chi connectivity index (χ4n) is 2.65. The van der Waals surface area contributed by atoms with Crippen LogP contribution in [0.15, 0.2) is 41.6 Å². The summed E-state index contributed by atoms with van der Waals surface area (Å²) in [7, 11) is -3.36. The number of aryl methyl sites for hydroxylation is 2. The number of hydrogen-bond acceptors (Lipinski definition) is 8. The zero-order chi connectivity index (χ0) is 22.0. The molecule has 0 amide bonds. The minimum absolute atomic E-state index is 0.0141. The standard InChI is InChI=1S/C21H28N2O5S2/c1-4-5-11-30(25,26)15-19(13-27-18-9-7-6-8-10-18)28-20(24)14-29-21-22-16(2)12-17(3)23-21/h6-10,12,19H,4-5,11,13-15H2,1-3H3. The highest BCUT2D eigenvalue weighted by Crippen LogP contribution is 2.16. The summed E-state index contributed by atoms with van der Waals surface area (Å²) in [5.41, 5.74) is 1.63. The van der Waals surface area contributed by atoms with Gasteiger partial charge in [0.25, 0.3) is 0 Å². The number of esters is 1. The highest BCUT2D eigenvalue weighted by Gasteiger charge is 2.24. The number of carbonyl (C=O) groups is 1. The molecule has 164 valence electrons. The Morgan fingerprint density at radius 2 is 1.80 bits per heavy atom. The molecule has 0 spiro atoms. The summed E-state index contributed by atoms with van der Waals surface area (Å²) >= 11 is 1.16. The molecule has 1 unspecified atom stereocenters. The van der Waals surface area contributed by atoms with Crippen LogP contribution in [0.4, 0.5) is 0 Å². The Morgan fingerprint density at radius 1 is 1.13 bits per heavy atom. The van der Waals surface area contributed by atoms with Gasteiger partial charge in [0.05, 0.1) is 17.3 Å². The first-order valence-electron chi connectivity index (χ1n) is 9.80. The number of aromatic nitrogens is 2. The van der Waals surface area contributed by atoms with Crippen molar-refractivity contribution in [1.82, 2.24) is 9.97 Å². The maximum absolute atomic E-state index is 12.4. The normalized spacial score (nSPS) is 12.4. The third kappa shape index (κ3) is 9.13. The summed E-state index contributed by atoms with van der Waals surface area (Å²) in [4.78, 5) is 20.9. The summed E-state index contributed by atoms with van der Waals surface area (Å²) in [6, 6.07) is 10.9. The van der Waals surface area contributed by atoms with Gasteiger partial charge in [-0.05, 0) is 38.5 Å². The molecule has 7 nitrogen and oxygen atoms in total. The fourth-order valence-corrected chi connectivity index (χ4v) is 5.01. The molecule has 0 saturated carbocycles. The maximum atomic E-state index is 12.4. The monoisotopic (exact) mass is 452 g/mol. The molecule has 2 aromatic rings. The number of carbonyl (C=O) groups excluding carboxylic acids is 1. The Morgan fingerprint density at radius 3 is 2.43 bits per heavy atom. The van der Waals surface area contributed by atoms with E-state index in [-0.39, 0.29) is 23.9 Å². The zero-order valence-electron chi connectivity index (χ0n) is 17.5. The molecule has 1 aromatic heterocycles. The van der Waals surface area contributed by atoms with Crippen LogP contribution in [0.25, 0.3) is 0 Å². The van der Waals surface area contributed by atoms with Crippen molar-refractivity contribution in [2.75, 3.05) is 23.9 Å². The SMILES string of the molecule is CCCCS(=O)(=O)CC(COc1ccccc1)OC(=O)CSc1nc(C)cc(C)n1. The quantitative estimate of drug-likeness (QED) is 0.275. The van der Waals surface area contributed by atoms with E-state index in [1.165, 1.54) is 0 Å². The molecule has 9 heteroatoms. The topological polar surface area (TPSA) is 95.5 Å². The fraction of sp³-hybridized carbons (Fsp3) is 0.476. The number of thioether (sulfide) groups is 1. The minimum Gasteiger partial charge on any atom is -0.490 e. The highest BCUT2D eigenvalue weighted by molar-refractivity contribution is 7.99. The van der Waals surface area contributed by atoms with Gasteiger partial charge in [0, 0.05) is 11.4 Å². The lowest BCUT2D eigenvalue weighted by Gasteiger charge is -2.18. The van der Waals surface area contributed by atoms with Crippen molar-refractivity contribution in [3.05, 3.63) is 47.8 Å². The summed E-state index contributed by atoms with van der Waals surface area (Å²) in [5.74, 6) is -0.165. The Labute approximate surface area is 182 Å². The van der Waals surface area contributed by atoms with Gasteiger partial charge in [0.2, 0.25) is 0 Å². The molecular weight excluding hydrogens is 424 g/mol. The number of para-hydroxylation sites is 1. The van der Waals surface area contributed by atoms with Gasteiger partial charge >= 0.3 is 5.97 Å². The van der Waals surface area contributed by atoms with Gasteiger partial charge in [-0.1, -0.05) is 43.3 Å². The first-order valence-corrected chi connectivity index (χ1v) is 12.6. The third-order valence-corrected chi connectivity index (χ3v) is 6.62. The second kappa shape index (κ2) is 11.9. The number of benzene rings is 1. The average Bonchev–Trinajstić information content (AvgIpc) is 2.69. The molecule has 0 aliphatic carbocycles. The maximum Gasteiger partial charge on any atom is 0.316 e. The van der Waals surface area contributed by atoms with Gasteiger partial charge in [-0.3, -0.25) is 4.79 Å². The lowest BCUT2D eigenvalue weighted by Crippen LogP contribution is -2.33.